The molecule has 1 amide bonds. The van der Waals surface area contributed by atoms with Crippen molar-refractivity contribution < 1.29 is 4.79 Å². The molecule has 5 nitrogen and oxygen atoms in total. The number of hydrogen-bond donors (Lipinski definition) is 1. The van der Waals surface area contributed by atoms with Crippen molar-refractivity contribution in [2.24, 2.45) is 0 Å². The molecule has 2 aromatic rings. The molecule has 1 saturated heterocycles. The lowest BCUT2D eigenvalue weighted by Gasteiger charge is -2.27. The SMILES string of the molecule is O=C(CSc1ncccn1)NCC1CCCN1c1ccccc1. The van der Waals surface area contributed by atoms with E-state index in [1.54, 1.807) is 18.5 Å². The van der Waals surface area contributed by atoms with E-state index in [2.05, 4.69) is 44.5 Å². The van der Waals surface area contributed by atoms with E-state index in [9.17, 15) is 4.79 Å². The van der Waals surface area contributed by atoms with Crippen molar-refractivity contribution in [2.75, 3.05) is 23.7 Å². The lowest BCUT2D eigenvalue weighted by Crippen LogP contribution is -2.40. The van der Waals surface area contributed by atoms with Crippen LogP contribution in [0.5, 0.6) is 0 Å². The van der Waals surface area contributed by atoms with E-state index in [0.29, 0.717) is 23.5 Å². The van der Waals surface area contributed by atoms with Crippen LogP contribution in [0.2, 0.25) is 0 Å². The van der Waals surface area contributed by atoms with Crippen molar-refractivity contribution in [2.45, 2.75) is 24.0 Å². The molecule has 6 heteroatoms. The highest BCUT2D eigenvalue weighted by Crippen LogP contribution is 2.24. The van der Waals surface area contributed by atoms with E-state index < -0.39 is 0 Å². The fraction of sp³-hybridized carbons (Fsp3) is 0.353. The quantitative estimate of drug-likeness (QED) is 0.651. The molecular weight excluding hydrogens is 308 g/mol. The van der Waals surface area contributed by atoms with Crippen molar-refractivity contribution in [3.8, 4) is 0 Å². The molecule has 1 aromatic heterocycles. The minimum absolute atomic E-state index is 0.0300. The Morgan fingerprint density at radius 1 is 1.22 bits per heavy atom. The standard InChI is InChI=1S/C17H20N4OS/c22-16(13-23-17-18-9-5-10-19-17)20-12-15-8-4-11-21(15)14-6-2-1-3-7-14/h1-3,5-7,9-10,15H,4,8,11-13H2,(H,20,22). The molecule has 1 fully saturated rings. The van der Waals surface area contributed by atoms with Crippen LogP contribution >= 0.6 is 11.8 Å². The molecule has 1 aliphatic heterocycles. The van der Waals surface area contributed by atoms with Crippen molar-refractivity contribution >= 4 is 23.4 Å². The zero-order valence-corrected chi connectivity index (χ0v) is 13.7. The van der Waals surface area contributed by atoms with Crippen LogP contribution in [0.4, 0.5) is 5.69 Å². The minimum atomic E-state index is 0.0300. The van der Waals surface area contributed by atoms with Gasteiger partial charge in [0.25, 0.3) is 0 Å². The second-order valence-corrected chi connectivity index (χ2v) is 6.39. The number of carbonyl (C=O) groups is 1. The first-order chi connectivity index (χ1) is 11.3. The topological polar surface area (TPSA) is 58.1 Å². The van der Waals surface area contributed by atoms with E-state index in [1.807, 2.05) is 6.07 Å². The second-order valence-electron chi connectivity index (χ2n) is 5.45. The molecule has 1 N–H and O–H groups in total. The van der Waals surface area contributed by atoms with Crippen molar-refractivity contribution in [3.63, 3.8) is 0 Å². The van der Waals surface area contributed by atoms with Crippen LogP contribution in [0.15, 0.2) is 53.9 Å². The smallest absolute Gasteiger partial charge is 0.230 e. The summed E-state index contributed by atoms with van der Waals surface area (Å²) in [5.74, 6) is 0.379. The zero-order chi connectivity index (χ0) is 15.9. The van der Waals surface area contributed by atoms with Crippen LogP contribution in [0.25, 0.3) is 0 Å². The maximum absolute atomic E-state index is 12.0. The lowest BCUT2D eigenvalue weighted by atomic mass is 10.2. The second kappa shape index (κ2) is 7.97. The Morgan fingerprint density at radius 2 is 2.00 bits per heavy atom. The fourth-order valence-electron chi connectivity index (χ4n) is 2.78. The molecule has 1 aliphatic rings. The third kappa shape index (κ3) is 4.45. The number of rotatable bonds is 6. The number of aromatic nitrogens is 2. The summed E-state index contributed by atoms with van der Waals surface area (Å²) in [5.41, 5.74) is 1.23. The Morgan fingerprint density at radius 3 is 2.78 bits per heavy atom. The van der Waals surface area contributed by atoms with Gasteiger partial charge in [0.2, 0.25) is 5.91 Å². The van der Waals surface area contributed by atoms with Crippen LogP contribution in [0, 0.1) is 0 Å². The monoisotopic (exact) mass is 328 g/mol. The molecular formula is C17H20N4OS. The summed E-state index contributed by atoms with van der Waals surface area (Å²) in [4.78, 5) is 22.6. The minimum Gasteiger partial charge on any atom is -0.367 e. The summed E-state index contributed by atoms with van der Waals surface area (Å²) in [5, 5.41) is 3.67. The maximum Gasteiger partial charge on any atom is 0.230 e. The molecule has 2 heterocycles. The van der Waals surface area contributed by atoms with E-state index in [4.69, 9.17) is 0 Å². The number of hydrogen-bond acceptors (Lipinski definition) is 5. The average molecular weight is 328 g/mol. The first kappa shape index (κ1) is 15.8. The van der Waals surface area contributed by atoms with Crippen LogP contribution < -0.4 is 10.2 Å². The van der Waals surface area contributed by atoms with Crippen molar-refractivity contribution in [1.82, 2.24) is 15.3 Å². The largest absolute Gasteiger partial charge is 0.367 e. The third-order valence-corrected chi connectivity index (χ3v) is 4.75. The number of nitrogens with one attached hydrogen (secondary N) is 1. The molecule has 0 radical (unpaired) electrons. The summed E-state index contributed by atoms with van der Waals surface area (Å²) >= 11 is 1.36. The van der Waals surface area contributed by atoms with Crippen LogP contribution in [-0.2, 0) is 4.79 Å². The summed E-state index contributed by atoms with van der Waals surface area (Å²) in [6.45, 7) is 1.74. The molecule has 120 valence electrons. The fourth-order valence-corrected chi connectivity index (χ4v) is 3.41. The summed E-state index contributed by atoms with van der Waals surface area (Å²) in [7, 11) is 0. The highest BCUT2D eigenvalue weighted by Gasteiger charge is 2.24. The summed E-state index contributed by atoms with van der Waals surface area (Å²) in [6, 6.07) is 12.5. The van der Waals surface area contributed by atoms with Crippen LogP contribution in [-0.4, -0.2) is 40.8 Å². The van der Waals surface area contributed by atoms with E-state index in [0.717, 1.165) is 13.0 Å². The number of carbonyl (C=O) groups excluding carboxylic acids is 1. The van der Waals surface area contributed by atoms with E-state index >= 15 is 0 Å². The number of anilines is 1. The Kier molecular flexibility index (Phi) is 5.47. The van der Waals surface area contributed by atoms with Crippen LogP contribution in [0.3, 0.4) is 0 Å². The predicted molar refractivity (Wildman–Crippen MR) is 92.6 cm³/mol. The van der Waals surface area contributed by atoms with Gasteiger partial charge < -0.3 is 10.2 Å². The Bertz CT molecular complexity index is 623. The molecule has 0 bridgehead atoms. The molecule has 1 atom stereocenters. The molecule has 0 spiro atoms. The summed E-state index contributed by atoms with van der Waals surface area (Å²) in [6.07, 6.45) is 5.65. The normalized spacial score (nSPS) is 17.2. The van der Waals surface area contributed by atoms with Gasteiger partial charge in [0.05, 0.1) is 5.75 Å². The Balaban J connectivity index is 1.46. The van der Waals surface area contributed by atoms with E-state index in [-0.39, 0.29) is 5.91 Å². The van der Waals surface area contributed by atoms with Gasteiger partial charge in [-0.3, -0.25) is 4.79 Å². The number of nitrogens with zero attached hydrogens (tertiary/aromatic N) is 3. The average Bonchev–Trinajstić information content (AvgIpc) is 3.08. The first-order valence-electron chi connectivity index (χ1n) is 7.81. The molecule has 0 aliphatic carbocycles. The van der Waals surface area contributed by atoms with Gasteiger partial charge in [-0.1, -0.05) is 30.0 Å². The van der Waals surface area contributed by atoms with Crippen molar-refractivity contribution in [1.29, 1.82) is 0 Å². The highest BCUT2D eigenvalue weighted by molar-refractivity contribution is 7.99. The Labute approximate surface area is 140 Å². The Hall–Kier alpha value is -2.08. The van der Waals surface area contributed by atoms with Gasteiger partial charge in [0, 0.05) is 37.2 Å². The zero-order valence-electron chi connectivity index (χ0n) is 12.9. The molecule has 1 aromatic carbocycles. The van der Waals surface area contributed by atoms with Gasteiger partial charge in [0.15, 0.2) is 5.16 Å². The number of benzene rings is 1. The highest BCUT2D eigenvalue weighted by atomic mass is 32.2. The predicted octanol–water partition coefficient (Wildman–Crippen LogP) is 2.35. The van der Waals surface area contributed by atoms with Gasteiger partial charge in [-0.2, -0.15) is 0 Å². The third-order valence-electron chi connectivity index (χ3n) is 3.87. The lowest BCUT2D eigenvalue weighted by molar-refractivity contribution is -0.118. The maximum atomic E-state index is 12.0. The number of para-hydroxylation sites is 1. The molecule has 0 saturated carbocycles. The van der Waals surface area contributed by atoms with Gasteiger partial charge in [-0.05, 0) is 31.0 Å². The van der Waals surface area contributed by atoms with Gasteiger partial charge in [-0.15, -0.1) is 0 Å². The van der Waals surface area contributed by atoms with Gasteiger partial charge in [0.1, 0.15) is 0 Å². The van der Waals surface area contributed by atoms with Gasteiger partial charge in [-0.25, -0.2) is 9.97 Å². The number of thioether (sulfide) groups is 1. The first-order valence-corrected chi connectivity index (χ1v) is 8.80. The summed E-state index contributed by atoms with van der Waals surface area (Å²) < 4.78 is 0. The van der Waals surface area contributed by atoms with E-state index in [1.165, 1.54) is 23.9 Å². The molecule has 23 heavy (non-hydrogen) atoms. The van der Waals surface area contributed by atoms with Crippen molar-refractivity contribution in [3.05, 3.63) is 48.8 Å². The van der Waals surface area contributed by atoms with Crippen LogP contribution in [0.1, 0.15) is 12.8 Å². The molecule has 1 unspecified atom stereocenters. The van der Waals surface area contributed by atoms with Gasteiger partial charge >= 0.3 is 0 Å². The number of amides is 1. The molecule has 3 rings (SSSR count).